The lowest BCUT2D eigenvalue weighted by molar-refractivity contribution is -0.129. The Hall–Kier alpha value is -2.89. The number of rotatable bonds is 7. The molecule has 36 heavy (non-hydrogen) atoms. The average Bonchev–Trinajstić information content (AvgIpc) is 3.52. The molecule has 1 aromatic carbocycles. The Balaban J connectivity index is 1.42. The number of carbonyl (C=O) groups excluding carboxylic acids is 2. The summed E-state index contributed by atoms with van der Waals surface area (Å²) in [6.07, 6.45) is 2.46. The van der Waals surface area contributed by atoms with E-state index in [2.05, 4.69) is 5.32 Å². The van der Waals surface area contributed by atoms with E-state index in [0.29, 0.717) is 59.5 Å². The molecule has 1 N–H and O–H groups in total. The highest BCUT2D eigenvalue weighted by Crippen LogP contribution is 2.34. The molecule has 9 nitrogen and oxygen atoms in total. The molecule has 5 rings (SSSR count). The summed E-state index contributed by atoms with van der Waals surface area (Å²) in [5.74, 6) is 0.661. The average molecular weight is 529 g/mol. The van der Waals surface area contributed by atoms with Crippen molar-refractivity contribution < 1.29 is 19.1 Å². The summed E-state index contributed by atoms with van der Waals surface area (Å²) < 4.78 is 12.6. The first-order chi connectivity index (χ1) is 17.4. The van der Waals surface area contributed by atoms with Crippen LogP contribution in [0.25, 0.3) is 10.2 Å². The number of thioether (sulfide) groups is 1. The van der Waals surface area contributed by atoms with Gasteiger partial charge < -0.3 is 19.7 Å². The van der Waals surface area contributed by atoms with Crippen LogP contribution in [0.2, 0.25) is 0 Å². The number of fused-ring (bicyclic) bond motifs is 3. The van der Waals surface area contributed by atoms with E-state index < -0.39 is 0 Å². The van der Waals surface area contributed by atoms with Gasteiger partial charge in [-0.05, 0) is 49.1 Å². The summed E-state index contributed by atoms with van der Waals surface area (Å²) in [5, 5.41) is 4.02. The maximum Gasteiger partial charge on any atom is 0.263 e. The molecule has 2 amide bonds. The second-order valence-corrected chi connectivity index (χ2v) is 10.9. The van der Waals surface area contributed by atoms with Crippen molar-refractivity contribution in [3.8, 4) is 5.75 Å². The van der Waals surface area contributed by atoms with E-state index in [9.17, 15) is 14.4 Å². The fourth-order valence-corrected chi connectivity index (χ4v) is 6.68. The Morgan fingerprint density at radius 1 is 1.31 bits per heavy atom. The van der Waals surface area contributed by atoms with Gasteiger partial charge in [-0.2, -0.15) is 0 Å². The molecule has 0 saturated carbocycles. The van der Waals surface area contributed by atoms with E-state index in [0.717, 1.165) is 23.3 Å². The Bertz CT molecular complexity index is 1350. The van der Waals surface area contributed by atoms with Crippen molar-refractivity contribution in [3.05, 3.63) is 45.1 Å². The van der Waals surface area contributed by atoms with Crippen LogP contribution in [0, 0.1) is 0 Å². The molecule has 190 valence electrons. The van der Waals surface area contributed by atoms with Gasteiger partial charge in [0.25, 0.3) is 5.56 Å². The second kappa shape index (κ2) is 10.6. The number of hydrogen-bond donors (Lipinski definition) is 1. The minimum absolute atomic E-state index is 0.0287. The predicted octanol–water partition coefficient (Wildman–Crippen LogP) is 3.28. The molecule has 1 fully saturated rings. The molecule has 0 spiro atoms. The molecule has 2 aliphatic heterocycles. The van der Waals surface area contributed by atoms with Gasteiger partial charge in [-0.1, -0.05) is 11.8 Å². The van der Waals surface area contributed by atoms with Crippen molar-refractivity contribution in [1.82, 2.24) is 14.5 Å². The third-order valence-electron chi connectivity index (χ3n) is 6.49. The van der Waals surface area contributed by atoms with Gasteiger partial charge in [0.05, 0.1) is 37.4 Å². The number of aromatic nitrogens is 2. The van der Waals surface area contributed by atoms with Gasteiger partial charge in [0.2, 0.25) is 11.8 Å². The maximum absolute atomic E-state index is 13.7. The third kappa shape index (κ3) is 5.14. The standard InChI is InChI=1S/C25H28N4O5S2/c1-15(30)28-10-9-19-20(13-28)36-23-22(19)24(32)29(12-18-4-3-11-34-18)25(27-23)35-14-21(31)26-16-5-7-17(33-2)8-6-16/h5-8,18H,3-4,9-14H2,1-2H3,(H,26,31)/t18-/m1/s1. The van der Waals surface area contributed by atoms with Crippen LogP contribution in [0.1, 0.15) is 30.2 Å². The molecule has 1 saturated heterocycles. The number of thiophene rings is 1. The molecule has 0 bridgehead atoms. The van der Waals surface area contributed by atoms with Crippen LogP contribution in [0.3, 0.4) is 0 Å². The number of amides is 2. The number of hydrogen-bond acceptors (Lipinski definition) is 8. The minimum atomic E-state index is -0.189. The Kier molecular flexibility index (Phi) is 7.31. The fraction of sp³-hybridized carbons (Fsp3) is 0.440. The monoisotopic (exact) mass is 528 g/mol. The van der Waals surface area contributed by atoms with Crippen molar-refractivity contribution in [2.75, 3.05) is 31.3 Å². The van der Waals surface area contributed by atoms with Crippen LogP contribution in [0.5, 0.6) is 5.75 Å². The molecule has 2 aliphatic rings. The summed E-state index contributed by atoms with van der Waals surface area (Å²) in [7, 11) is 1.59. The third-order valence-corrected chi connectivity index (χ3v) is 8.57. The zero-order chi connectivity index (χ0) is 25.2. The number of nitrogens with one attached hydrogen (secondary N) is 1. The van der Waals surface area contributed by atoms with Crippen LogP contribution in [-0.2, 0) is 33.8 Å². The molecular weight excluding hydrogens is 500 g/mol. The molecule has 0 radical (unpaired) electrons. The number of methoxy groups -OCH3 is 1. The molecule has 0 unspecified atom stereocenters. The molecular formula is C25H28N4O5S2. The molecule has 3 aromatic rings. The topological polar surface area (TPSA) is 103 Å². The number of benzene rings is 1. The van der Waals surface area contributed by atoms with Crippen LogP contribution >= 0.6 is 23.1 Å². The van der Waals surface area contributed by atoms with Crippen molar-refractivity contribution in [2.45, 2.75) is 50.5 Å². The number of ether oxygens (including phenoxy) is 2. The zero-order valence-corrected chi connectivity index (χ0v) is 21.9. The number of nitrogens with zero attached hydrogens (tertiary/aromatic N) is 3. The Morgan fingerprint density at radius 2 is 2.11 bits per heavy atom. The van der Waals surface area contributed by atoms with Crippen molar-refractivity contribution in [1.29, 1.82) is 0 Å². The highest BCUT2D eigenvalue weighted by Gasteiger charge is 2.27. The van der Waals surface area contributed by atoms with E-state index in [1.807, 2.05) is 0 Å². The number of anilines is 1. The van der Waals surface area contributed by atoms with Gasteiger partial charge in [-0.3, -0.25) is 19.0 Å². The van der Waals surface area contributed by atoms with Gasteiger partial charge in [0.1, 0.15) is 10.6 Å². The van der Waals surface area contributed by atoms with Crippen molar-refractivity contribution in [2.24, 2.45) is 0 Å². The van der Waals surface area contributed by atoms with E-state index in [-0.39, 0.29) is 29.2 Å². The first-order valence-corrected chi connectivity index (χ1v) is 13.7. The summed E-state index contributed by atoms with van der Waals surface area (Å²) in [6, 6.07) is 7.12. The van der Waals surface area contributed by atoms with Gasteiger partial charge in [0, 0.05) is 30.6 Å². The lowest BCUT2D eigenvalue weighted by Gasteiger charge is -2.25. The van der Waals surface area contributed by atoms with Crippen LogP contribution in [-0.4, -0.2) is 58.4 Å². The van der Waals surface area contributed by atoms with Gasteiger partial charge in [-0.25, -0.2) is 4.98 Å². The van der Waals surface area contributed by atoms with Crippen LogP contribution in [0.15, 0.2) is 34.2 Å². The summed E-state index contributed by atoms with van der Waals surface area (Å²) in [4.78, 5) is 46.6. The SMILES string of the molecule is COc1ccc(NC(=O)CSc2nc3sc4c(c3c(=O)n2C[C@H]2CCCO2)CCN(C(C)=O)C4)cc1. The quantitative estimate of drug-likeness (QED) is 0.371. The zero-order valence-electron chi connectivity index (χ0n) is 20.2. The molecule has 4 heterocycles. The van der Waals surface area contributed by atoms with E-state index in [1.54, 1.807) is 47.8 Å². The highest BCUT2D eigenvalue weighted by atomic mass is 32.2. The van der Waals surface area contributed by atoms with Crippen LogP contribution in [0.4, 0.5) is 5.69 Å². The smallest absolute Gasteiger partial charge is 0.263 e. The summed E-state index contributed by atoms with van der Waals surface area (Å²) >= 11 is 2.71. The first kappa shape index (κ1) is 24.8. The van der Waals surface area contributed by atoms with Crippen molar-refractivity contribution >= 4 is 50.8 Å². The van der Waals surface area contributed by atoms with Crippen molar-refractivity contribution in [3.63, 3.8) is 0 Å². The number of carbonyl (C=O) groups is 2. The minimum Gasteiger partial charge on any atom is -0.497 e. The van der Waals surface area contributed by atoms with Gasteiger partial charge in [-0.15, -0.1) is 11.3 Å². The normalized spacial score (nSPS) is 17.3. The predicted molar refractivity (Wildman–Crippen MR) is 140 cm³/mol. The Morgan fingerprint density at radius 3 is 2.81 bits per heavy atom. The Labute approximate surface area is 216 Å². The molecule has 1 atom stereocenters. The van der Waals surface area contributed by atoms with Gasteiger partial charge >= 0.3 is 0 Å². The van der Waals surface area contributed by atoms with Crippen LogP contribution < -0.4 is 15.6 Å². The lowest BCUT2D eigenvalue weighted by Crippen LogP contribution is -2.34. The highest BCUT2D eigenvalue weighted by molar-refractivity contribution is 7.99. The summed E-state index contributed by atoms with van der Waals surface area (Å²) in [5.41, 5.74) is 1.57. The molecule has 11 heteroatoms. The fourth-order valence-electron chi connectivity index (χ4n) is 4.59. The van der Waals surface area contributed by atoms with E-state index in [4.69, 9.17) is 14.5 Å². The lowest BCUT2D eigenvalue weighted by atomic mass is 10.1. The summed E-state index contributed by atoms with van der Waals surface area (Å²) in [6.45, 7) is 3.77. The first-order valence-electron chi connectivity index (χ1n) is 11.9. The van der Waals surface area contributed by atoms with E-state index >= 15 is 0 Å². The van der Waals surface area contributed by atoms with Gasteiger partial charge in [0.15, 0.2) is 5.16 Å². The molecule has 0 aliphatic carbocycles. The van der Waals surface area contributed by atoms with E-state index in [1.165, 1.54) is 23.1 Å². The largest absolute Gasteiger partial charge is 0.497 e. The second-order valence-electron chi connectivity index (χ2n) is 8.89. The molecule has 2 aromatic heterocycles. The maximum atomic E-state index is 13.7.